The van der Waals surface area contributed by atoms with E-state index >= 15 is 0 Å². The lowest BCUT2D eigenvalue weighted by Crippen LogP contribution is -2.12. The van der Waals surface area contributed by atoms with E-state index in [2.05, 4.69) is 10.3 Å². The number of methoxy groups -OCH3 is 1. The Bertz CT molecular complexity index is 527. The number of hydrogen-bond acceptors (Lipinski definition) is 4. The smallest absolute Gasteiger partial charge is 0.137 e. The van der Waals surface area contributed by atoms with Crippen LogP contribution in [0.15, 0.2) is 23.7 Å². The van der Waals surface area contributed by atoms with Crippen LogP contribution in [0.2, 0.25) is 5.02 Å². The first-order chi connectivity index (χ1) is 8.70. The van der Waals surface area contributed by atoms with E-state index in [4.69, 9.17) is 16.3 Å². The van der Waals surface area contributed by atoms with Crippen LogP contribution in [0.1, 0.15) is 16.1 Å². The Kier molecular flexibility index (Phi) is 4.58. The molecule has 0 saturated carbocycles. The summed E-state index contributed by atoms with van der Waals surface area (Å²) in [6.07, 6.45) is 0. The van der Waals surface area contributed by atoms with Gasteiger partial charge in [0.1, 0.15) is 5.75 Å². The van der Waals surface area contributed by atoms with Crippen molar-refractivity contribution in [2.75, 3.05) is 7.11 Å². The van der Waals surface area contributed by atoms with Crippen molar-refractivity contribution in [1.82, 2.24) is 10.3 Å². The van der Waals surface area contributed by atoms with Gasteiger partial charge < -0.3 is 10.1 Å². The topological polar surface area (TPSA) is 34.1 Å². The van der Waals surface area contributed by atoms with Crippen LogP contribution in [0.25, 0.3) is 0 Å². The SMILES string of the molecule is COc1ccc(CNCc2scnc2C)cc1Cl. The highest BCUT2D eigenvalue weighted by Crippen LogP contribution is 2.24. The fraction of sp³-hybridized carbons (Fsp3) is 0.308. The van der Waals surface area contributed by atoms with Crippen LogP contribution in [0, 0.1) is 6.92 Å². The van der Waals surface area contributed by atoms with Gasteiger partial charge in [-0.05, 0) is 24.6 Å². The maximum atomic E-state index is 6.07. The molecule has 1 heterocycles. The van der Waals surface area contributed by atoms with E-state index in [1.54, 1.807) is 18.4 Å². The van der Waals surface area contributed by atoms with E-state index in [1.165, 1.54) is 4.88 Å². The predicted octanol–water partition coefficient (Wildman–Crippen LogP) is 3.40. The summed E-state index contributed by atoms with van der Waals surface area (Å²) >= 11 is 7.75. The Balaban J connectivity index is 1.91. The zero-order valence-electron chi connectivity index (χ0n) is 10.4. The summed E-state index contributed by atoms with van der Waals surface area (Å²) in [5.41, 5.74) is 4.11. The van der Waals surface area contributed by atoms with Crippen molar-refractivity contribution in [3.05, 3.63) is 44.9 Å². The van der Waals surface area contributed by atoms with Gasteiger partial charge >= 0.3 is 0 Å². The molecule has 1 aromatic heterocycles. The van der Waals surface area contributed by atoms with Crippen LogP contribution < -0.4 is 10.1 Å². The van der Waals surface area contributed by atoms with Crippen molar-refractivity contribution in [2.45, 2.75) is 20.0 Å². The zero-order valence-corrected chi connectivity index (χ0v) is 11.9. The molecule has 96 valence electrons. The van der Waals surface area contributed by atoms with Gasteiger partial charge in [0.05, 0.1) is 23.3 Å². The fourth-order valence-electron chi connectivity index (χ4n) is 1.64. The Morgan fingerprint density at radius 1 is 1.39 bits per heavy atom. The molecule has 0 spiro atoms. The van der Waals surface area contributed by atoms with E-state index in [0.717, 1.165) is 24.3 Å². The van der Waals surface area contributed by atoms with Crippen molar-refractivity contribution >= 4 is 22.9 Å². The highest BCUT2D eigenvalue weighted by Gasteiger charge is 2.03. The fourth-order valence-corrected chi connectivity index (χ4v) is 2.66. The highest BCUT2D eigenvalue weighted by molar-refractivity contribution is 7.09. The summed E-state index contributed by atoms with van der Waals surface area (Å²) in [7, 11) is 1.62. The number of nitrogens with zero attached hydrogens (tertiary/aromatic N) is 1. The van der Waals surface area contributed by atoms with Crippen LogP contribution >= 0.6 is 22.9 Å². The Hall–Kier alpha value is -1.10. The van der Waals surface area contributed by atoms with E-state index in [9.17, 15) is 0 Å². The summed E-state index contributed by atoms with van der Waals surface area (Å²) in [6.45, 7) is 3.64. The maximum absolute atomic E-state index is 6.07. The number of thiazole rings is 1. The molecule has 2 aromatic rings. The standard InChI is InChI=1S/C13H15ClN2OS/c1-9-13(18-8-16-9)7-15-6-10-3-4-12(17-2)11(14)5-10/h3-5,8,15H,6-7H2,1-2H3. The third-order valence-electron chi connectivity index (χ3n) is 2.68. The first-order valence-electron chi connectivity index (χ1n) is 5.63. The first-order valence-corrected chi connectivity index (χ1v) is 6.88. The Morgan fingerprint density at radius 3 is 2.83 bits per heavy atom. The molecule has 0 unspecified atom stereocenters. The molecule has 18 heavy (non-hydrogen) atoms. The summed E-state index contributed by atoms with van der Waals surface area (Å²) in [5.74, 6) is 0.707. The second kappa shape index (κ2) is 6.18. The van der Waals surface area contributed by atoms with E-state index in [0.29, 0.717) is 10.8 Å². The lowest BCUT2D eigenvalue weighted by molar-refractivity contribution is 0.415. The molecular weight excluding hydrogens is 268 g/mol. The monoisotopic (exact) mass is 282 g/mol. The number of nitrogens with one attached hydrogen (secondary N) is 1. The number of benzene rings is 1. The van der Waals surface area contributed by atoms with Crippen molar-refractivity contribution in [3.8, 4) is 5.75 Å². The molecule has 0 fully saturated rings. The second-order valence-electron chi connectivity index (χ2n) is 3.93. The number of aryl methyl sites for hydroxylation is 1. The zero-order chi connectivity index (χ0) is 13.0. The summed E-state index contributed by atoms with van der Waals surface area (Å²) < 4.78 is 5.12. The van der Waals surface area contributed by atoms with Crippen molar-refractivity contribution in [1.29, 1.82) is 0 Å². The van der Waals surface area contributed by atoms with Crippen molar-refractivity contribution in [3.63, 3.8) is 0 Å². The normalized spacial score (nSPS) is 10.6. The summed E-state index contributed by atoms with van der Waals surface area (Å²) in [5, 5.41) is 4.02. The molecule has 5 heteroatoms. The second-order valence-corrected chi connectivity index (χ2v) is 5.28. The van der Waals surface area contributed by atoms with E-state index < -0.39 is 0 Å². The number of aromatic nitrogens is 1. The molecule has 0 saturated heterocycles. The molecule has 0 aliphatic heterocycles. The van der Waals surface area contributed by atoms with Crippen molar-refractivity contribution in [2.24, 2.45) is 0 Å². The van der Waals surface area contributed by atoms with Gasteiger partial charge in [-0.3, -0.25) is 0 Å². The quantitative estimate of drug-likeness (QED) is 0.913. The maximum Gasteiger partial charge on any atom is 0.137 e. The van der Waals surface area contributed by atoms with Gasteiger partial charge in [-0.15, -0.1) is 11.3 Å². The Labute approximate surface area is 116 Å². The third-order valence-corrected chi connectivity index (χ3v) is 3.91. The van der Waals surface area contributed by atoms with Gasteiger partial charge in [0.15, 0.2) is 0 Å². The van der Waals surface area contributed by atoms with Crippen molar-refractivity contribution < 1.29 is 4.74 Å². The molecule has 2 rings (SSSR count). The molecule has 1 N–H and O–H groups in total. The van der Waals surface area contributed by atoms with Crippen LogP contribution in [-0.2, 0) is 13.1 Å². The first kappa shape index (κ1) is 13.3. The number of halogens is 1. The average Bonchev–Trinajstić information content (AvgIpc) is 2.75. The lowest BCUT2D eigenvalue weighted by atomic mass is 10.2. The van der Waals surface area contributed by atoms with Gasteiger partial charge in [-0.2, -0.15) is 0 Å². The molecule has 0 aliphatic carbocycles. The van der Waals surface area contributed by atoms with Gasteiger partial charge in [0.2, 0.25) is 0 Å². The molecule has 0 aliphatic rings. The molecule has 0 amide bonds. The summed E-state index contributed by atoms with van der Waals surface area (Å²) in [6, 6.07) is 5.82. The molecular formula is C13H15ClN2OS. The highest BCUT2D eigenvalue weighted by atomic mass is 35.5. The molecule has 3 nitrogen and oxygen atoms in total. The minimum absolute atomic E-state index is 0.644. The van der Waals surface area contributed by atoms with E-state index in [1.807, 2.05) is 30.6 Å². The van der Waals surface area contributed by atoms with Crippen LogP contribution in [0.5, 0.6) is 5.75 Å². The molecule has 0 atom stereocenters. The minimum Gasteiger partial charge on any atom is -0.495 e. The molecule has 0 bridgehead atoms. The largest absolute Gasteiger partial charge is 0.495 e. The average molecular weight is 283 g/mol. The number of hydrogen-bond donors (Lipinski definition) is 1. The summed E-state index contributed by atoms with van der Waals surface area (Å²) in [4.78, 5) is 5.49. The van der Waals surface area contributed by atoms with E-state index in [-0.39, 0.29) is 0 Å². The molecule has 1 aromatic carbocycles. The third kappa shape index (κ3) is 3.22. The lowest BCUT2D eigenvalue weighted by Gasteiger charge is -2.07. The van der Waals surface area contributed by atoms with Gasteiger partial charge in [-0.1, -0.05) is 17.7 Å². The Morgan fingerprint density at radius 2 is 2.22 bits per heavy atom. The number of rotatable bonds is 5. The number of ether oxygens (including phenoxy) is 1. The van der Waals surface area contributed by atoms with Gasteiger partial charge in [0.25, 0.3) is 0 Å². The van der Waals surface area contributed by atoms with Crippen LogP contribution in [-0.4, -0.2) is 12.1 Å². The molecule has 0 radical (unpaired) electrons. The predicted molar refractivity (Wildman–Crippen MR) is 75.4 cm³/mol. The van der Waals surface area contributed by atoms with Gasteiger partial charge in [0, 0.05) is 18.0 Å². The van der Waals surface area contributed by atoms with Gasteiger partial charge in [-0.25, -0.2) is 4.98 Å². The van der Waals surface area contributed by atoms with Crippen LogP contribution in [0.4, 0.5) is 0 Å². The van der Waals surface area contributed by atoms with Crippen LogP contribution in [0.3, 0.4) is 0 Å². The minimum atomic E-state index is 0.644.